The first-order chi connectivity index (χ1) is 10.6. The first kappa shape index (κ1) is 14.2. The van der Waals surface area contributed by atoms with E-state index in [9.17, 15) is 4.79 Å². The Bertz CT molecular complexity index is 811. The Morgan fingerprint density at radius 1 is 1.27 bits per heavy atom. The van der Waals surface area contributed by atoms with Crippen LogP contribution in [0.4, 0.5) is 0 Å². The van der Waals surface area contributed by atoms with Crippen LogP contribution < -0.4 is 5.32 Å². The standard InChI is InChI=1S/C16H17N5O/c1-10-12-5-3-4-6-14(12)20-11(2)13(10)7-16(22)17-8-15-18-9-19-21-15/h3-6,9H,7-8H2,1-2H3,(H,17,22)(H,18,19,21). The second-order valence-corrected chi connectivity index (χ2v) is 5.20. The molecule has 0 bridgehead atoms. The number of aromatic amines is 1. The zero-order valence-electron chi connectivity index (χ0n) is 12.6. The number of nitrogens with one attached hydrogen (secondary N) is 2. The third-order valence-corrected chi connectivity index (χ3v) is 3.74. The summed E-state index contributed by atoms with van der Waals surface area (Å²) in [6, 6.07) is 7.98. The van der Waals surface area contributed by atoms with Crippen molar-refractivity contribution in [1.29, 1.82) is 0 Å². The van der Waals surface area contributed by atoms with E-state index in [0.29, 0.717) is 18.8 Å². The molecule has 22 heavy (non-hydrogen) atoms. The Kier molecular flexibility index (Phi) is 3.82. The van der Waals surface area contributed by atoms with Gasteiger partial charge in [0.05, 0.1) is 18.5 Å². The minimum absolute atomic E-state index is 0.0559. The molecule has 3 rings (SSSR count). The third kappa shape index (κ3) is 2.81. The molecule has 0 fully saturated rings. The van der Waals surface area contributed by atoms with Gasteiger partial charge in [-0.25, -0.2) is 4.98 Å². The summed E-state index contributed by atoms with van der Waals surface area (Å²) in [5.74, 6) is 0.582. The fourth-order valence-corrected chi connectivity index (χ4v) is 2.55. The highest BCUT2D eigenvalue weighted by atomic mass is 16.1. The largest absolute Gasteiger partial charge is 0.349 e. The van der Waals surface area contributed by atoms with Crippen molar-refractivity contribution in [2.24, 2.45) is 0 Å². The molecule has 0 aliphatic carbocycles. The van der Waals surface area contributed by atoms with E-state index in [4.69, 9.17) is 0 Å². The van der Waals surface area contributed by atoms with Crippen LogP contribution in [0.3, 0.4) is 0 Å². The highest BCUT2D eigenvalue weighted by Crippen LogP contribution is 2.22. The predicted octanol–water partition coefficient (Wildman–Crippen LogP) is 1.83. The molecule has 0 unspecified atom stereocenters. The van der Waals surface area contributed by atoms with Crippen molar-refractivity contribution in [1.82, 2.24) is 25.5 Å². The van der Waals surface area contributed by atoms with Crippen molar-refractivity contribution >= 4 is 16.8 Å². The van der Waals surface area contributed by atoms with Crippen molar-refractivity contribution in [2.75, 3.05) is 0 Å². The van der Waals surface area contributed by atoms with Gasteiger partial charge in [0.15, 0.2) is 0 Å². The maximum atomic E-state index is 12.1. The Morgan fingerprint density at radius 3 is 2.86 bits per heavy atom. The van der Waals surface area contributed by atoms with E-state index in [-0.39, 0.29) is 5.91 Å². The monoisotopic (exact) mass is 295 g/mol. The Balaban J connectivity index is 1.79. The minimum Gasteiger partial charge on any atom is -0.349 e. The molecular formula is C16H17N5O. The number of aryl methyl sites for hydroxylation is 2. The first-order valence-electron chi connectivity index (χ1n) is 7.11. The summed E-state index contributed by atoms with van der Waals surface area (Å²) in [6.45, 7) is 4.33. The predicted molar refractivity (Wildman–Crippen MR) is 83.2 cm³/mol. The Morgan fingerprint density at radius 2 is 2.09 bits per heavy atom. The maximum Gasteiger partial charge on any atom is 0.224 e. The molecule has 6 nitrogen and oxygen atoms in total. The number of hydrogen-bond donors (Lipinski definition) is 2. The van der Waals surface area contributed by atoms with Crippen LogP contribution in [0.2, 0.25) is 0 Å². The lowest BCUT2D eigenvalue weighted by Gasteiger charge is -2.12. The SMILES string of the molecule is Cc1nc2ccccc2c(C)c1CC(=O)NCc1ncn[nH]1. The summed E-state index contributed by atoms with van der Waals surface area (Å²) in [5, 5.41) is 10.4. The van der Waals surface area contributed by atoms with Crippen LogP contribution in [0.5, 0.6) is 0 Å². The number of amides is 1. The Hall–Kier alpha value is -2.76. The van der Waals surface area contributed by atoms with Crippen LogP contribution in [0.1, 0.15) is 22.6 Å². The van der Waals surface area contributed by atoms with Gasteiger partial charge in [-0.3, -0.25) is 14.9 Å². The van der Waals surface area contributed by atoms with E-state index in [0.717, 1.165) is 27.7 Å². The first-order valence-corrected chi connectivity index (χ1v) is 7.11. The van der Waals surface area contributed by atoms with E-state index < -0.39 is 0 Å². The van der Waals surface area contributed by atoms with Gasteiger partial charge in [0.25, 0.3) is 0 Å². The summed E-state index contributed by atoms with van der Waals surface area (Å²) < 4.78 is 0. The minimum atomic E-state index is -0.0559. The van der Waals surface area contributed by atoms with Crippen LogP contribution in [0.25, 0.3) is 10.9 Å². The zero-order valence-corrected chi connectivity index (χ0v) is 12.6. The lowest BCUT2D eigenvalue weighted by atomic mass is 9.99. The van der Waals surface area contributed by atoms with Gasteiger partial charge >= 0.3 is 0 Å². The van der Waals surface area contributed by atoms with Gasteiger partial charge in [-0.2, -0.15) is 5.10 Å². The summed E-state index contributed by atoms with van der Waals surface area (Å²) in [4.78, 5) is 20.7. The highest BCUT2D eigenvalue weighted by molar-refractivity contribution is 5.86. The van der Waals surface area contributed by atoms with Crippen molar-refractivity contribution in [3.63, 3.8) is 0 Å². The van der Waals surface area contributed by atoms with Gasteiger partial charge in [-0.15, -0.1) is 0 Å². The summed E-state index contributed by atoms with van der Waals surface area (Å²) in [6.07, 6.45) is 1.73. The number of hydrogen-bond acceptors (Lipinski definition) is 4. The van der Waals surface area contributed by atoms with E-state index in [1.54, 1.807) is 0 Å². The maximum absolute atomic E-state index is 12.1. The second-order valence-electron chi connectivity index (χ2n) is 5.20. The molecular weight excluding hydrogens is 278 g/mol. The van der Waals surface area contributed by atoms with Crippen molar-refractivity contribution in [3.05, 3.63) is 53.2 Å². The van der Waals surface area contributed by atoms with Gasteiger partial charge in [0.2, 0.25) is 5.91 Å². The summed E-state index contributed by atoms with van der Waals surface area (Å²) in [7, 11) is 0. The number of para-hydroxylation sites is 1. The normalized spacial score (nSPS) is 10.8. The number of carbonyl (C=O) groups is 1. The lowest BCUT2D eigenvalue weighted by molar-refractivity contribution is -0.120. The molecule has 3 aromatic rings. The van der Waals surface area contributed by atoms with E-state index in [1.807, 2.05) is 38.1 Å². The number of aromatic nitrogens is 4. The topological polar surface area (TPSA) is 83.6 Å². The number of fused-ring (bicyclic) bond motifs is 1. The molecule has 0 aliphatic rings. The smallest absolute Gasteiger partial charge is 0.224 e. The molecule has 0 radical (unpaired) electrons. The second kappa shape index (κ2) is 5.93. The van der Waals surface area contributed by atoms with Gasteiger partial charge in [0.1, 0.15) is 12.2 Å². The number of benzene rings is 1. The summed E-state index contributed by atoms with van der Waals surface area (Å²) in [5.41, 5.74) is 3.95. The number of H-pyrrole nitrogens is 1. The van der Waals surface area contributed by atoms with E-state index >= 15 is 0 Å². The average Bonchev–Trinajstić information content (AvgIpc) is 3.03. The lowest BCUT2D eigenvalue weighted by Crippen LogP contribution is -2.26. The van der Waals surface area contributed by atoms with Gasteiger partial charge in [-0.1, -0.05) is 18.2 Å². The molecule has 1 amide bonds. The van der Waals surface area contributed by atoms with Gasteiger partial charge in [0, 0.05) is 11.1 Å². The molecule has 0 spiro atoms. The number of carbonyl (C=O) groups excluding carboxylic acids is 1. The number of rotatable bonds is 4. The van der Waals surface area contributed by atoms with Crippen molar-refractivity contribution < 1.29 is 4.79 Å². The Labute approximate surface area is 128 Å². The van der Waals surface area contributed by atoms with E-state index in [1.165, 1.54) is 6.33 Å². The van der Waals surface area contributed by atoms with Crippen LogP contribution in [-0.2, 0) is 17.8 Å². The molecule has 2 heterocycles. The molecule has 1 aromatic carbocycles. The molecule has 112 valence electrons. The fraction of sp³-hybridized carbons (Fsp3) is 0.250. The molecule has 0 saturated carbocycles. The number of pyridine rings is 1. The van der Waals surface area contributed by atoms with Crippen molar-refractivity contribution in [2.45, 2.75) is 26.8 Å². The van der Waals surface area contributed by atoms with Crippen LogP contribution in [-0.4, -0.2) is 26.1 Å². The van der Waals surface area contributed by atoms with E-state index in [2.05, 4.69) is 25.5 Å². The molecule has 2 aromatic heterocycles. The van der Waals surface area contributed by atoms with Crippen LogP contribution in [0, 0.1) is 13.8 Å². The highest BCUT2D eigenvalue weighted by Gasteiger charge is 2.13. The van der Waals surface area contributed by atoms with Gasteiger partial charge < -0.3 is 5.32 Å². The number of nitrogens with zero attached hydrogens (tertiary/aromatic N) is 3. The summed E-state index contributed by atoms with van der Waals surface area (Å²) >= 11 is 0. The zero-order chi connectivity index (χ0) is 15.5. The third-order valence-electron chi connectivity index (χ3n) is 3.74. The molecule has 0 saturated heterocycles. The quantitative estimate of drug-likeness (QED) is 0.769. The molecule has 6 heteroatoms. The molecule has 0 atom stereocenters. The van der Waals surface area contributed by atoms with Crippen LogP contribution in [0.15, 0.2) is 30.6 Å². The molecule has 0 aliphatic heterocycles. The fourth-order valence-electron chi connectivity index (χ4n) is 2.55. The average molecular weight is 295 g/mol. The van der Waals surface area contributed by atoms with Gasteiger partial charge in [-0.05, 0) is 31.0 Å². The molecule has 2 N–H and O–H groups in total. The van der Waals surface area contributed by atoms with Crippen molar-refractivity contribution in [3.8, 4) is 0 Å². The van der Waals surface area contributed by atoms with Crippen LogP contribution >= 0.6 is 0 Å².